The molecule has 20 heavy (non-hydrogen) atoms. The minimum atomic E-state index is -0.125. The smallest absolute Gasteiger partial charge is 0.160 e. The molecular weight excluding hydrogens is 340 g/mol. The first-order valence-corrected chi connectivity index (χ1v) is 8.17. The quantitative estimate of drug-likeness (QED) is 0.735. The molecule has 110 valence electrons. The Morgan fingerprint density at radius 1 is 1.40 bits per heavy atom. The predicted octanol–water partition coefficient (Wildman–Crippen LogP) is 3.84. The van der Waals surface area contributed by atoms with E-state index < -0.39 is 0 Å². The third-order valence-corrected chi connectivity index (χ3v) is 4.10. The first kappa shape index (κ1) is 15.7. The van der Waals surface area contributed by atoms with E-state index in [1.165, 1.54) is 0 Å². The molecule has 2 aromatic heterocycles. The van der Waals surface area contributed by atoms with Gasteiger partial charge in [-0.2, -0.15) is 0 Å². The molecule has 0 aliphatic rings. The van der Waals surface area contributed by atoms with Gasteiger partial charge in [0.2, 0.25) is 0 Å². The molecule has 0 amide bonds. The number of hydrogen-bond donors (Lipinski definition) is 0. The predicted molar refractivity (Wildman–Crippen MR) is 87.3 cm³/mol. The van der Waals surface area contributed by atoms with Crippen molar-refractivity contribution in [2.45, 2.75) is 32.7 Å². The van der Waals surface area contributed by atoms with Crippen molar-refractivity contribution in [1.29, 1.82) is 0 Å². The molecule has 0 aliphatic heterocycles. The van der Waals surface area contributed by atoms with E-state index in [-0.39, 0.29) is 5.38 Å². The lowest BCUT2D eigenvalue weighted by Gasteiger charge is -2.19. The molecule has 0 fully saturated rings. The van der Waals surface area contributed by atoms with Crippen molar-refractivity contribution < 1.29 is 0 Å². The van der Waals surface area contributed by atoms with Gasteiger partial charge in [0.1, 0.15) is 11.3 Å². The van der Waals surface area contributed by atoms with E-state index in [4.69, 9.17) is 11.6 Å². The van der Waals surface area contributed by atoms with E-state index in [2.05, 4.69) is 49.2 Å². The van der Waals surface area contributed by atoms with Crippen molar-refractivity contribution in [3.05, 3.63) is 22.6 Å². The molecule has 1 unspecified atom stereocenters. The SMILES string of the molecule is CCN(CC)CCn1c(C(C)Cl)nc2cc(Br)cnc21. The van der Waals surface area contributed by atoms with Gasteiger partial charge in [-0.3, -0.25) is 0 Å². The number of likely N-dealkylation sites (N-methyl/N-ethyl adjacent to an activating group) is 1. The fourth-order valence-electron chi connectivity index (χ4n) is 2.31. The molecule has 1 atom stereocenters. The van der Waals surface area contributed by atoms with Crippen LogP contribution in [0, 0.1) is 0 Å². The van der Waals surface area contributed by atoms with E-state index in [9.17, 15) is 0 Å². The number of fused-ring (bicyclic) bond motifs is 1. The topological polar surface area (TPSA) is 34.0 Å². The second-order valence-corrected chi connectivity index (χ2v) is 6.33. The zero-order valence-corrected chi connectivity index (χ0v) is 14.4. The van der Waals surface area contributed by atoms with Crippen LogP contribution in [0.15, 0.2) is 16.7 Å². The van der Waals surface area contributed by atoms with E-state index in [0.717, 1.165) is 47.6 Å². The molecule has 2 rings (SSSR count). The van der Waals surface area contributed by atoms with Crippen molar-refractivity contribution in [3.63, 3.8) is 0 Å². The Hall–Kier alpha value is -0.650. The molecule has 0 bridgehead atoms. The molecule has 0 radical (unpaired) electrons. The van der Waals surface area contributed by atoms with Crippen molar-refractivity contribution in [3.8, 4) is 0 Å². The third-order valence-electron chi connectivity index (χ3n) is 3.47. The number of hydrogen-bond acceptors (Lipinski definition) is 3. The lowest BCUT2D eigenvalue weighted by molar-refractivity contribution is 0.290. The van der Waals surface area contributed by atoms with Crippen molar-refractivity contribution in [1.82, 2.24) is 19.4 Å². The fraction of sp³-hybridized carbons (Fsp3) is 0.571. The van der Waals surface area contributed by atoms with Gasteiger partial charge >= 0.3 is 0 Å². The number of nitrogens with zero attached hydrogens (tertiary/aromatic N) is 4. The molecule has 4 nitrogen and oxygen atoms in total. The normalized spacial score (nSPS) is 13.3. The molecule has 6 heteroatoms. The lowest BCUT2D eigenvalue weighted by atomic mass is 10.4. The Balaban J connectivity index is 2.36. The average molecular weight is 360 g/mol. The van der Waals surface area contributed by atoms with Crippen LogP contribution in [0.2, 0.25) is 0 Å². The maximum atomic E-state index is 6.27. The first-order valence-electron chi connectivity index (χ1n) is 6.94. The summed E-state index contributed by atoms with van der Waals surface area (Å²) in [7, 11) is 0. The highest BCUT2D eigenvalue weighted by Gasteiger charge is 2.16. The van der Waals surface area contributed by atoms with Crippen LogP contribution in [0.1, 0.15) is 32.0 Å². The molecular formula is C14H20BrClN4. The highest BCUT2D eigenvalue weighted by Crippen LogP contribution is 2.25. The van der Waals surface area contributed by atoms with E-state index in [0.29, 0.717) is 0 Å². The monoisotopic (exact) mass is 358 g/mol. The van der Waals surface area contributed by atoms with Crippen LogP contribution in [0.3, 0.4) is 0 Å². The third kappa shape index (κ3) is 3.32. The van der Waals surface area contributed by atoms with Gasteiger partial charge in [-0.25, -0.2) is 9.97 Å². The summed E-state index contributed by atoms with van der Waals surface area (Å²) in [6, 6.07) is 1.99. The molecule has 0 saturated carbocycles. The number of alkyl halides is 1. The molecule has 0 spiro atoms. The lowest BCUT2D eigenvalue weighted by Crippen LogP contribution is -2.27. The van der Waals surface area contributed by atoms with Gasteiger partial charge in [0.25, 0.3) is 0 Å². The fourth-order valence-corrected chi connectivity index (χ4v) is 2.80. The minimum absolute atomic E-state index is 0.125. The Morgan fingerprint density at radius 3 is 2.70 bits per heavy atom. The maximum absolute atomic E-state index is 6.27. The molecule has 0 N–H and O–H groups in total. The number of rotatable bonds is 6. The average Bonchev–Trinajstić information content (AvgIpc) is 2.78. The van der Waals surface area contributed by atoms with Crippen LogP contribution >= 0.6 is 27.5 Å². The molecule has 0 aromatic carbocycles. The Bertz CT molecular complexity index is 578. The summed E-state index contributed by atoms with van der Waals surface area (Å²) in [4.78, 5) is 11.5. The second kappa shape index (κ2) is 6.87. The van der Waals surface area contributed by atoms with Gasteiger partial charge in [-0.15, -0.1) is 11.6 Å². The maximum Gasteiger partial charge on any atom is 0.160 e. The van der Waals surface area contributed by atoms with Gasteiger partial charge in [-0.05, 0) is 42.0 Å². The van der Waals surface area contributed by atoms with E-state index >= 15 is 0 Å². The molecule has 0 aliphatic carbocycles. The summed E-state index contributed by atoms with van der Waals surface area (Å²) in [5.74, 6) is 0.888. The Kier molecular flexibility index (Phi) is 5.41. The Morgan fingerprint density at radius 2 is 2.10 bits per heavy atom. The summed E-state index contributed by atoms with van der Waals surface area (Å²) in [5.41, 5.74) is 1.80. The van der Waals surface area contributed by atoms with Gasteiger partial charge in [-0.1, -0.05) is 13.8 Å². The summed E-state index contributed by atoms with van der Waals surface area (Å²) in [5, 5.41) is -0.125. The van der Waals surface area contributed by atoms with Crippen molar-refractivity contribution in [2.24, 2.45) is 0 Å². The van der Waals surface area contributed by atoms with Crippen LogP contribution < -0.4 is 0 Å². The van der Waals surface area contributed by atoms with E-state index in [1.807, 2.05) is 13.0 Å². The minimum Gasteiger partial charge on any atom is -0.310 e. The standard InChI is InChI=1S/C14H20BrClN4/c1-4-19(5-2)6-7-20-13(10(3)16)18-12-8-11(15)9-17-14(12)20/h8-10H,4-7H2,1-3H3. The molecule has 2 heterocycles. The first-order chi connectivity index (χ1) is 9.56. The van der Waals surface area contributed by atoms with Crippen LogP contribution in [0.5, 0.6) is 0 Å². The molecule has 0 saturated heterocycles. The highest BCUT2D eigenvalue weighted by molar-refractivity contribution is 9.10. The zero-order chi connectivity index (χ0) is 14.7. The number of halogens is 2. The summed E-state index contributed by atoms with van der Waals surface area (Å²) < 4.78 is 3.07. The number of pyridine rings is 1. The Labute approximate surface area is 133 Å². The highest BCUT2D eigenvalue weighted by atomic mass is 79.9. The van der Waals surface area contributed by atoms with E-state index in [1.54, 1.807) is 6.20 Å². The van der Waals surface area contributed by atoms with Gasteiger partial charge < -0.3 is 9.47 Å². The van der Waals surface area contributed by atoms with Gasteiger partial charge in [0.15, 0.2) is 5.65 Å². The summed E-state index contributed by atoms with van der Waals surface area (Å²) in [6.07, 6.45) is 1.81. The number of imidazole rings is 1. The van der Waals surface area contributed by atoms with Crippen LogP contribution in [-0.2, 0) is 6.54 Å². The van der Waals surface area contributed by atoms with Gasteiger partial charge in [0.05, 0.1) is 5.38 Å². The number of aromatic nitrogens is 3. The summed E-state index contributed by atoms with van der Waals surface area (Å²) in [6.45, 7) is 10.2. The van der Waals surface area contributed by atoms with Crippen molar-refractivity contribution in [2.75, 3.05) is 19.6 Å². The van der Waals surface area contributed by atoms with Gasteiger partial charge in [0, 0.05) is 23.8 Å². The second-order valence-electron chi connectivity index (χ2n) is 4.76. The molecule has 2 aromatic rings. The van der Waals surface area contributed by atoms with Crippen LogP contribution in [0.4, 0.5) is 0 Å². The van der Waals surface area contributed by atoms with Crippen LogP contribution in [-0.4, -0.2) is 39.1 Å². The summed E-state index contributed by atoms with van der Waals surface area (Å²) >= 11 is 9.70. The van der Waals surface area contributed by atoms with Crippen molar-refractivity contribution >= 4 is 38.7 Å². The zero-order valence-electron chi connectivity index (χ0n) is 12.1. The largest absolute Gasteiger partial charge is 0.310 e. The van der Waals surface area contributed by atoms with Crippen LogP contribution in [0.25, 0.3) is 11.2 Å².